The van der Waals surface area contributed by atoms with Crippen LogP contribution in [0.2, 0.25) is 0 Å². The number of halogens is 1. The second-order valence-electron chi connectivity index (χ2n) is 1.51. The lowest BCUT2D eigenvalue weighted by Gasteiger charge is -2.15. The number of nitrogens with two attached hydrogens (primary N) is 1. The van der Waals surface area contributed by atoms with Crippen LogP contribution in [0.5, 0.6) is 0 Å². The summed E-state index contributed by atoms with van der Waals surface area (Å²) in [5, 5.41) is 0. The summed E-state index contributed by atoms with van der Waals surface area (Å²) in [4.78, 5) is 2.06. The summed E-state index contributed by atoms with van der Waals surface area (Å²) in [6.45, 7) is 2.75. The van der Waals surface area contributed by atoms with Gasteiger partial charge in [-0.1, -0.05) is 22.6 Å². The molecule has 0 amide bonds. The van der Waals surface area contributed by atoms with E-state index in [1.807, 2.05) is 7.05 Å². The summed E-state index contributed by atoms with van der Waals surface area (Å²) < 4.78 is 0.544. The number of nitrogens with zero attached hydrogens (tertiary/aromatic N) is 1. The summed E-state index contributed by atoms with van der Waals surface area (Å²) >= 11 is 2.31. The van der Waals surface area contributed by atoms with Gasteiger partial charge in [-0.3, -0.25) is 4.90 Å². The Kier molecular flexibility index (Phi) is 3.96. The third kappa shape index (κ3) is 3.25. The minimum atomic E-state index is 0.544. The monoisotopic (exact) mass is 214 g/mol. The highest BCUT2D eigenvalue weighted by atomic mass is 127. The van der Waals surface area contributed by atoms with Crippen LogP contribution in [0.1, 0.15) is 6.92 Å². The Morgan fingerprint density at radius 1 is 1.86 bits per heavy atom. The zero-order valence-electron chi connectivity index (χ0n) is 4.69. The van der Waals surface area contributed by atoms with Crippen molar-refractivity contribution in [3.63, 3.8) is 0 Å². The Morgan fingerprint density at radius 3 is 2.29 bits per heavy atom. The SMILES string of the molecule is C[C@H](I)N(C)CN. The topological polar surface area (TPSA) is 29.3 Å². The highest BCUT2D eigenvalue weighted by Gasteiger charge is 1.98. The molecule has 0 saturated carbocycles. The molecule has 0 aliphatic carbocycles. The maximum Gasteiger partial charge on any atom is 0.0598 e. The highest BCUT2D eigenvalue weighted by Crippen LogP contribution is 2.00. The van der Waals surface area contributed by atoms with Crippen molar-refractivity contribution in [1.29, 1.82) is 0 Å². The standard InChI is InChI=1S/C4H11IN2/c1-4(5)7(2)3-6/h4H,3,6H2,1-2H3/t4-/m1/s1. The maximum atomic E-state index is 5.29. The average molecular weight is 214 g/mol. The van der Waals surface area contributed by atoms with E-state index in [1.165, 1.54) is 0 Å². The first-order valence-electron chi connectivity index (χ1n) is 2.23. The largest absolute Gasteiger partial charge is 0.318 e. The van der Waals surface area contributed by atoms with Gasteiger partial charge in [-0.2, -0.15) is 0 Å². The number of alkyl halides is 1. The van der Waals surface area contributed by atoms with Crippen molar-refractivity contribution in [2.45, 2.75) is 11.0 Å². The van der Waals surface area contributed by atoms with Crippen LogP contribution in [0.3, 0.4) is 0 Å². The molecule has 1 atom stereocenters. The van der Waals surface area contributed by atoms with Crippen LogP contribution >= 0.6 is 22.6 Å². The van der Waals surface area contributed by atoms with Crippen molar-refractivity contribution in [1.82, 2.24) is 4.90 Å². The lowest BCUT2D eigenvalue weighted by Crippen LogP contribution is -2.29. The molecule has 0 aromatic carbocycles. The van der Waals surface area contributed by atoms with E-state index in [0.717, 1.165) is 0 Å². The molecule has 44 valence electrons. The van der Waals surface area contributed by atoms with E-state index in [4.69, 9.17) is 5.73 Å². The van der Waals surface area contributed by atoms with E-state index in [2.05, 4.69) is 34.4 Å². The van der Waals surface area contributed by atoms with Crippen LogP contribution in [0, 0.1) is 0 Å². The lowest BCUT2D eigenvalue weighted by atomic mass is 10.7. The first-order valence-corrected chi connectivity index (χ1v) is 3.47. The number of rotatable bonds is 2. The maximum absolute atomic E-state index is 5.29. The van der Waals surface area contributed by atoms with Crippen LogP contribution in [0.25, 0.3) is 0 Å². The zero-order chi connectivity index (χ0) is 5.86. The van der Waals surface area contributed by atoms with Gasteiger partial charge in [0.25, 0.3) is 0 Å². The fourth-order valence-electron chi connectivity index (χ4n) is 0.145. The van der Waals surface area contributed by atoms with Gasteiger partial charge >= 0.3 is 0 Å². The first kappa shape index (κ1) is 7.65. The van der Waals surface area contributed by atoms with E-state index in [9.17, 15) is 0 Å². The summed E-state index contributed by atoms with van der Waals surface area (Å²) in [5.74, 6) is 0. The van der Waals surface area contributed by atoms with Crippen LogP contribution in [-0.4, -0.2) is 22.7 Å². The zero-order valence-corrected chi connectivity index (χ0v) is 6.84. The third-order valence-electron chi connectivity index (χ3n) is 0.895. The minimum Gasteiger partial charge on any atom is -0.318 e. The number of hydrogen-bond acceptors (Lipinski definition) is 2. The van der Waals surface area contributed by atoms with Gasteiger partial charge in [0.2, 0.25) is 0 Å². The molecule has 2 N–H and O–H groups in total. The van der Waals surface area contributed by atoms with Gasteiger partial charge in [-0.25, -0.2) is 0 Å². The van der Waals surface area contributed by atoms with Gasteiger partial charge in [0.15, 0.2) is 0 Å². The number of hydrogen-bond donors (Lipinski definition) is 1. The molecule has 0 aliphatic rings. The smallest absolute Gasteiger partial charge is 0.0598 e. The predicted octanol–water partition coefficient (Wildman–Crippen LogP) is 0.615. The second-order valence-corrected chi connectivity index (χ2v) is 3.32. The van der Waals surface area contributed by atoms with E-state index >= 15 is 0 Å². The van der Waals surface area contributed by atoms with Gasteiger partial charge in [0.1, 0.15) is 0 Å². The molecule has 0 rings (SSSR count). The Morgan fingerprint density at radius 2 is 2.29 bits per heavy atom. The van der Waals surface area contributed by atoms with E-state index < -0.39 is 0 Å². The van der Waals surface area contributed by atoms with E-state index in [0.29, 0.717) is 10.7 Å². The summed E-state index contributed by atoms with van der Waals surface area (Å²) in [6, 6.07) is 0. The van der Waals surface area contributed by atoms with Crippen molar-refractivity contribution in [3.8, 4) is 0 Å². The summed E-state index contributed by atoms with van der Waals surface area (Å²) in [5.41, 5.74) is 5.29. The lowest BCUT2D eigenvalue weighted by molar-refractivity contribution is 0.350. The minimum absolute atomic E-state index is 0.544. The molecule has 0 aromatic heterocycles. The van der Waals surface area contributed by atoms with Crippen LogP contribution in [0.15, 0.2) is 0 Å². The summed E-state index contributed by atoms with van der Waals surface area (Å²) in [6.07, 6.45) is 0. The molecule has 0 aliphatic heterocycles. The van der Waals surface area contributed by atoms with Gasteiger partial charge in [-0.05, 0) is 14.0 Å². The molecule has 7 heavy (non-hydrogen) atoms. The average Bonchev–Trinajstić information content (AvgIpc) is 1.65. The van der Waals surface area contributed by atoms with Gasteiger partial charge in [0.05, 0.1) is 4.05 Å². The molecule has 0 aromatic rings. The van der Waals surface area contributed by atoms with Crippen LogP contribution < -0.4 is 5.73 Å². The molecule has 0 radical (unpaired) electrons. The molecule has 0 bridgehead atoms. The van der Waals surface area contributed by atoms with E-state index in [-0.39, 0.29) is 0 Å². The second kappa shape index (κ2) is 3.63. The van der Waals surface area contributed by atoms with Gasteiger partial charge in [-0.15, -0.1) is 0 Å². The van der Waals surface area contributed by atoms with Gasteiger partial charge in [0, 0.05) is 6.67 Å². The molecular formula is C4H11IN2. The Hall–Kier alpha value is 0.650. The molecule has 0 fully saturated rings. The van der Waals surface area contributed by atoms with Crippen molar-refractivity contribution in [2.24, 2.45) is 5.73 Å². The molecule has 0 unspecified atom stereocenters. The van der Waals surface area contributed by atoms with Crippen LogP contribution in [0.4, 0.5) is 0 Å². The summed E-state index contributed by atoms with van der Waals surface area (Å²) in [7, 11) is 2.00. The Labute approximate surface area is 58.2 Å². The van der Waals surface area contributed by atoms with Crippen molar-refractivity contribution in [2.75, 3.05) is 13.7 Å². The normalized spacial score (nSPS) is 15.0. The molecule has 0 heterocycles. The van der Waals surface area contributed by atoms with Crippen molar-refractivity contribution in [3.05, 3.63) is 0 Å². The molecular weight excluding hydrogens is 203 g/mol. The molecule has 0 spiro atoms. The van der Waals surface area contributed by atoms with Crippen molar-refractivity contribution >= 4 is 22.6 Å². The Balaban J connectivity index is 3.14. The fourth-order valence-corrected chi connectivity index (χ4v) is 0.373. The van der Waals surface area contributed by atoms with Crippen LogP contribution in [-0.2, 0) is 0 Å². The third-order valence-corrected chi connectivity index (χ3v) is 1.85. The molecule has 3 heteroatoms. The van der Waals surface area contributed by atoms with Crippen molar-refractivity contribution < 1.29 is 0 Å². The molecule has 2 nitrogen and oxygen atoms in total. The quantitative estimate of drug-likeness (QED) is 0.316. The first-order chi connectivity index (χ1) is 3.18. The van der Waals surface area contributed by atoms with Gasteiger partial charge < -0.3 is 5.73 Å². The molecule has 0 saturated heterocycles. The van der Waals surface area contributed by atoms with E-state index in [1.54, 1.807) is 0 Å². The predicted molar refractivity (Wildman–Crippen MR) is 40.3 cm³/mol. The highest BCUT2D eigenvalue weighted by molar-refractivity contribution is 14.1. The fraction of sp³-hybridized carbons (Fsp3) is 1.00. The Bertz CT molecular complexity index is 47.0.